The number of hydrogen-bond acceptors (Lipinski definition) is 2. The second kappa shape index (κ2) is 1.49. The first-order valence-electron chi connectivity index (χ1n) is 1.17. The molecule has 0 saturated carbocycles. The molecule has 0 radical (unpaired) electrons. The molecule has 0 fully saturated rings. The fourth-order valence-electron chi connectivity index (χ4n) is 0.129. The summed E-state index contributed by atoms with van der Waals surface area (Å²) in [5.74, 6) is 0. The summed E-state index contributed by atoms with van der Waals surface area (Å²) in [7, 11) is 1.67. The molecule has 0 spiro atoms. The van der Waals surface area contributed by atoms with Crippen LogP contribution in [0.15, 0.2) is 5.53 Å². The van der Waals surface area contributed by atoms with Crippen LogP contribution in [-0.2, 0) is 0 Å². The molecule has 0 aromatic carbocycles. The number of hydrogen-bond donors (Lipinski definition) is 0. The van der Waals surface area contributed by atoms with E-state index < -0.39 is 0 Å². The van der Waals surface area contributed by atoms with E-state index in [1.807, 2.05) is 5.53 Å². The van der Waals surface area contributed by atoms with Gasteiger partial charge in [0.1, 0.15) is 0 Å². The van der Waals surface area contributed by atoms with Gasteiger partial charge >= 0.3 is 0 Å². The van der Waals surface area contributed by atoms with Crippen LogP contribution in [0.1, 0.15) is 0 Å². The van der Waals surface area contributed by atoms with Gasteiger partial charge in [0.15, 0.2) is 0 Å². The van der Waals surface area contributed by atoms with Gasteiger partial charge in [-0.05, 0) is 8.35 Å². The summed E-state index contributed by atoms with van der Waals surface area (Å²) in [6.45, 7) is 0. The SMILES string of the molecule is c1pnn[pH]1. The summed E-state index contributed by atoms with van der Waals surface area (Å²) in [6, 6.07) is 0. The lowest BCUT2D eigenvalue weighted by atomic mass is 11.9. The van der Waals surface area contributed by atoms with Crippen molar-refractivity contribution >= 4 is 16.7 Å². The molecule has 0 aliphatic carbocycles. The van der Waals surface area contributed by atoms with Crippen LogP contribution in [0.3, 0.4) is 0 Å². The highest BCUT2D eigenvalue weighted by atomic mass is 31.1. The lowest BCUT2D eigenvalue weighted by Crippen LogP contribution is -1.43. The largest absolute Gasteiger partial charge is 0.139 e. The molecule has 1 aromatic heterocycles. The number of aromatic nitrogens is 2. The Labute approximate surface area is 32.9 Å². The molecule has 1 atom stereocenters. The standard InChI is InChI=1S/CH2N2P2/c1-4-2-3-5-1/h1,4H. The van der Waals surface area contributed by atoms with Gasteiger partial charge in [0.25, 0.3) is 0 Å². The van der Waals surface area contributed by atoms with Crippen molar-refractivity contribution < 1.29 is 0 Å². The predicted octanol–water partition coefficient (Wildman–Crippen LogP) is 1.09. The van der Waals surface area contributed by atoms with Crippen LogP contribution in [0.25, 0.3) is 0 Å². The topological polar surface area (TPSA) is 25.8 Å². The average Bonchev–Trinajstić information content (AvgIpc) is 1.76. The molecule has 0 saturated heterocycles. The fraction of sp³-hybridized carbons (Fsp3) is 0. The third-order valence-electron chi connectivity index (χ3n) is 0.270. The first-order valence-corrected chi connectivity index (χ1v) is 3.11. The molecule has 5 heavy (non-hydrogen) atoms. The first-order chi connectivity index (χ1) is 2.50. The van der Waals surface area contributed by atoms with Crippen molar-refractivity contribution in [2.75, 3.05) is 0 Å². The second-order valence-electron chi connectivity index (χ2n) is 0.563. The van der Waals surface area contributed by atoms with Crippen LogP contribution in [0.5, 0.6) is 0 Å². The third-order valence-corrected chi connectivity index (χ3v) is 1.77. The van der Waals surface area contributed by atoms with Gasteiger partial charge in [-0.2, -0.15) is 0 Å². The molecule has 1 heterocycles. The molecule has 26 valence electrons. The Morgan fingerprint density at radius 1 is 1.80 bits per heavy atom. The van der Waals surface area contributed by atoms with Crippen LogP contribution < -0.4 is 0 Å². The van der Waals surface area contributed by atoms with E-state index >= 15 is 0 Å². The van der Waals surface area contributed by atoms with Crippen molar-refractivity contribution in [2.45, 2.75) is 0 Å². The van der Waals surface area contributed by atoms with Crippen molar-refractivity contribution in [1.82, 2.24) is 9.72 Å². The minimum Gasteiger partial charge on any atom is -0.139 e. The Kier molecular flexibility index (Phi) is 0.975. The molecule has 0 amide bonds. The molecular formula is CH2N2P2. The molecule has 1 rings (SSSR count). The molecule has 1 aromatic rings. The summed E-state index contributed by atoms with van der Waals surface area (Å²) < 4.78 is 0. The zero-order chi connectivity index (χ0) is 3.54. The molecule has 0 aliphatic heterocycles. The molecule has 0 bridgehead atoms. The van der Waals surface area contributed by atoms with Crippen molar-refractivity contribution in [2.24, 2.45) is 0 Å². The molecular weight excluding hydrogens is 102 g/mol. The molecule has 2 nitrogen and oxygen atoms in total. The van der Waals surface area contributed by atoms with Crippen molar-refractivity contribution in [1.29, 1.82) is 0 Å². The van der Waals surface area contributed by atoms with Gasteiger partial charge < -0.3 is 0 Å². The van der Waals surface area contributed by atoms with Crippen LogP contribution in [0.4, 0.5) is 0 Å². The smallest absolute Gasteiger partial charge is 0.0691 e. The van der Waals surface area contributed by atoms with E-state index in [1.165, 1.54) is 0 Å². The first kappa shape index (κ1) is 3.27. The third kappa shape index (κ3) is 0.678. The van der Waals surface area contributed by atoms with Gasteiger partial charge in [0, 0.05) is 5.53 Å². The minimum atomic E-state index is 0.630. The lowest BCUT2D eigenvalue weighted by Gasteiger charge is -1.41. The molecule has 0 N–H and O–H groups in total. The molecule has 0 aliphatic rings. The van der Waals surface area contributed by atoms with Crippen LogP contribution in [0, 0.1) is 0 Å². The summed E-state index contributed by atoms with van der Waals surface area (Å²) in [5, 5.41) is 0. The van der Waals surface area contributed by atoms with E-state index in [4.69, 9.17) is 0 Å². The quantitative estimate of drug-likeness (QED) is 0.492. The Bertz CT molecular complexity index is 64.1. The highest BCUT2D eigenvalue weighted by Crippen LogP contribution is 2.02. The minimum absolute atomic E-state index is 0.630. The fourth-order valence-corrected chi connectivity index (χ4v) is 1.16. The van der Waals surface area contributed by atoms with E-state index in [0.717, 1.165) is 8.35 Å². The maximum absolute atomic E-state index is 3.67. The summed E-state index contributed by atoms with van der Waals surface area (Å²) in [5.41, 5.74) is 2.03. The zero-order valence-electron chi connectivity index (χ0n) is 2.42. The van der Waals surface area contributed by atoms with E-state index in [9.17, 15) is 0 Å². The van der Waals surface area contributed by atoms with Gasteiger partial charge in [0.05, 0.1) is 8.35 Å². The van der Waals surface area contributed by atoms with Gasteiger partial charge in [-0.25, -0.2) is 0 Å². The number of nitrogens with zero attached hydrogens (tertiary/aromatic N) is 2. The predicted molar refractivity (Wildman–Crippen MR) is 24.0 cm³/mol. The summed E-state index contributed by atoms with van der Waals surface area (Å²) in [6.07, 6.45) is 0. The average molecular weight is 104 g/mol. The van der Waals surface area contributed by atoms with Crippen LogP contribution in [0.2, 0.25) is 0 Å². The Morgan fingerprint density at radius 2 is 2.80 bits per heavy atom. The van der Waals surface area contributed by atoms with Crippen LogP contribution >= 0.6 is 16.7 Å². The van der Waals surface area contributed by atoms with E-state index in [1.54, 1.807) is 0 Å². The van der Waals surface area contributed by atoms with Crippen molar-refractivity contribution in [3.05, 3.63) is 5.53 Å². The van der Waals surface area contributed by atoms with E-state index in [2.05, 4.69) is 9.72 Å². The van der Waals surface area contributed by atoms with Gasteiger partial charge in [-0.3, -0.25) is 0 Å². The lowest BCUT2D eigenvalue weighted by molar-refractivity contribution is 1.27. The maximum Gasteiger partial charge on any atom is 0.0691 e. The maximum atomic E-state index is 3.67. The number of rotatable bonds is 0. The Morgan fingerprint density at radius 3 is 3.00 bits per heavy atom. The van der Waals surface area contributed by atoms with Crippen LogP contribution in [-0.4, -0.2) is 9.72 Å². The monoisotopic (exact) mass is 104 g/mol. The van der Waals surface area contributed by atoms with Gasteiger partial charge in [-0.1, -0.05) is 0 Å². The van der Waals surface area contributed by atoms with Gasteiger partial charge in [0.2, 0.25) is 0 Å². The normalized spacial score (nSPS) is 11.2. The Hall–Kier alpha value is 0.0700. The highest BCUT2D eigenvalue weighted by molar-refractivity contribution is 7.40. The van der Waals surface area contributed by atoms with Crippen molar-refractivity contribution in [3.8, 4) is 0 Å². The Balaban J connectivity index is 3.13. The summed E-state index contributed by atoms with van der Waals surface area (Å²) >= 11 is 0. The highest BCUT2D eigenvalue weighted by Gasteiger charge is 1.60. The second-order valence-corrected chi connectivity index (χ2v) is 2.46. The van der Waals surface area contributed by atoms with Crippen molar-refractivity contribution in [3.63, 3.8) is 0 Å². The van der Waals surface area contributed by atoms with E-state index in [-0.39, 0.29) is 0 Å². The molecule has 4 heteroatoms. The summed E-state index contributed by atoms with van der Waals surface area (Å²) in [4.78, 5) is 7.31. The van der Waals surface area contributed by atoms with Gasteiger partial charge in [-0.15, -0.1) is 9.72 Å². The zero-order valence-corrected chi connectivity index (χ0v) is 4.31. The van der Waals surface area contributed by atoms with E-state index in [0.29, 0.717) is 8.35 Å². The molecule has 1 unspecified atom stereocenters.